The van der Waals surface area contributed by atoms with Crippen LogP contribution in [0.3, 0.4) is 0 Å². The number of nitrogens with zero attached hydrogens (tertiary/aromatic N) is 4. The first-order valence-electron chi connectivity index (χ1n) is 15.2. The third-order valence-electron chi connectivity index (χ3n) is 8.88. The lowest BCUT2D eigenvalue weighted by atomic mass is 9.77. The Morgan fingerprint density at radius 3 is 2.34 bits per heavy atom. The maximum Gasteiger partial charge on any atom is 0.276 e. The summed E-state index contributed by atoms with van der Waals surface area (Å²) in [5, 5.41) is 2.78. The van der Waals surface area contributed by atoms with E-state index in [-0.39, 0.29) is 78.2 Å². The number of halogens is 3. The van der Waals surface area contributed by atoms with Gasteiger partial charge in [-0.15, -0.1) is 0 Å². The molecule has 3 aliphatic rings. The zero-order valence-electron chi connectivity index (χ0n) is 24.6. The predicted molar refractivity (Wildman–Crippen MR) is 164 cm³/mol. The first kappa shape index (κ1) is 32.5. The summed E-state index contributed by atoms with van der Waals surface area (Å²) in [6, 6.07) is 8.86. The van der Waals surface area contributed by atoms with E-state index in [1.165, 1.54) is 28.6 Å². The number of piperazine rings is 1. The number of nitrogens with one attached hydrogen (secondary N) is 1. The molecule has 3 fully saturated rings. The monoisotopic (exact) mass is 652 g/mol. The Labute approximate surface area is 262 Å². The number of pyridine rings is 1. The summed E-state index contributed by atoms with van der Waals surface area (Å²) < 4.78 is 59.6. The molecule has 44 heavy (non-hydrogen) atoms. The smallest absolute Gasteiger partial charge is 0.276 e. The van der Waals surface area contributed by atoms with E-state index in [4.69, 9.17) is 17.3 Å². The normalized spacial score (nSPS) is 22.0. The molecule has 2 aliphatic heterocycles. The third kappa shape index (κ3) is 7.00. The van der Waals surface area contributed by atoms with Crippen molar-refractivity contribution in [2.45, 2.75) is 55.8 Å². The molecule has 3 heterocycles. The number of carbonyl (C=O) groups excluding carboxylic acids is 2. The maximum atomic E-state index is 15.8. The lowest BCUT2D eigenvalue weighted by Gasteiger charge is -2.36. The Bertz CT molecular complexity index is 1450. The van der Waals surface area contributed by atoms with Crippen LogP contribution in [-0.2, 0) is 25.5 Å². The molecule has 0 spiro atoms. The van der Waals surface area contributed by atoms with Gasteiger partial charge in [0.25, 0.3) is 5.92 Å². The van der Waals surface area contributed by atoms with E-state index in [0.29, 0.717) is 51.0 Å². The summed E-state index contributed by atoms with van der Waals surface area (Å²) in [5.74, 6) is -4.18. The highest BCUT2D eigenvalue weighted by atomic mass is 35.5. The van der Waals surface area contributed by atoms with Crippen LogP contribution in [0.1, 0.15) is 50.5 Å². The van der Waals surface area contributed by atoms with Crippen LogP contribution >= 0.6 is 11.6 Å². The minimum absolute atomic E-state index is 0.0263. The van der Waals surface area contributed by atoms with Crippen molar-refractivity contribution in [1.29, 1.82) is 0 Å². The van der Waals surface area contributed by atoms with E-state index >= 15 is 8.78 Å². The molecule has 2 saturated heterocycles. The molecule has 0 atom stereocenters. The Hall–Kier alpha value is -2.87. The number of hydrogen-bond donors (Lipinski definition) is 2. The minimum atomic E-state index is -3.79. The minimum Gasteiger partial charge on any atom is -0.356 e. The number of sulfonamides is 1. The number of hydrogen-bond acceptors (Lipinski definition) is 7. The van der Waals surface area contributed by atoms with Gasteiger partial charge in [-0.25, -0.2) is 22.2 Å². The van der Waals surface area contributed by atoms with Crippen molar-refractivity contribution in [2.75, 3.05) is 55.6 Å². The topological polar surface area (TPSA) is 129 Å². The fourth-order valence-corrected chi connectivity index (χ4v) is 7.90. The Morgan fingerprint density at radius 2 is 1.73 bits per heavy atom. The van der Waals surface area contributed by atoms with Crippen LogP contribution < -0.4 is 20.9 Å². The molecular formula is C30H39ClF2N6O4S. The highest BCUT2D eigenvalue weighted by Gasteiger charge is 2.44. The molecule has 0 unspecified atom stereocenters. The molecule has 1 aromatic carbocycles. The van der Waals surface area contributed by atoms with Gasteiger partial charge in [-0.3, -0.25) is 9.59 Å². The standard InChI is InChI=1S/C30H39ClF2N6O4S/c31-26-19-23(30(32,33)22-6-4-21(5-7-22)29(41)35-13-2-12-34)20-27(36-26)37-15-17-38(18-16-37)44(42,43)25-10-8-24(9-11-25)39-14-1-3-28(39)40/h8-11,19-22H,1-7,12-18,34H2,(H,35,41). The number of carbonyl (C=O) groups is 2. The van der Waals surface area contributed by atoms with Crippen LogP contribution in [0.2, 0.25) is 5.15 Å². The number of benzene rings is 1. The van der Waals surface area contributed by atoms with Gasteiger partial charge in [0.1, 0.15) is 11.0 Å². The first-order chi connectivity index (χ1) is 21.0. The van der Waals surface area contributed by atoms with Crippen LogP contribution in [0.5, 0.6) is 0 Å². The van der Waals surface area contributed by atoms with E-state index in [2.05, 4.69) is 10.3 Å². The lowest BCUT2D eigenvalue weighted by molar-refractivity contribution is -0.129. The van der Waals surface area contributed by atoms with Gasteiger partial charge >= 0.3 is 0 Å². The Kier molecular flexibility index (Phi) is 10.1. The van der Waals surface area contributed by atoms with Gasteiger partial charge in [0.15, 0.2) is 0 Å². The lowest BCUT2D eigenvalue weighted by Crippen LogP contribution is -2.49. The molecular weight excluding hydrogens is 614 g/mol. The van der Waals surface area contributed by atoms with Crippen LogP contribution in [0, 0.1) is 11.8 Å². The average molecular weight is 653 g/mol. The summed E-state index contributed by atoms with van der Waals surface area (Å²) >= 11 is 6.23. The van der Waals surface area contributed by atoms with Crippen LogP contribution in [0.4, 0.5) is 20.3 Å². The van der Waals surface area contributed by atoms with E-state index in [1.54, 1.807) is 21.9 Å². The molecule has 0 bridgehead atoms. The van der Waals surface area contributed by atoms with Gasteiger partial charge < -0.3 is 20.9 Å². The van der Waals surface area contributed by atoms with E-state index in [9.17, 15) is 18.0 Å². The van der Waals surface area contributed by atoms with Crippen LogP contribution in [-0.4, -0.2) is 75.3 Å². The maximum absolute atomic E-state index is 15.8. The zero-order chi connectivity index (χ0) is 31.5. The zero-order valence-corrected chi connectivity index (χ0v) is 26.1. The number of anilines is 2. The summed E-state index contributed by atoms with van der Waals surface area (Å²) in [6.07, 6.45) is 3.13. The number of amides is 2. The van der Waals surface area contributed by atoms with Crippen molar-refractivity contribution in [1.82, 2.24) is 14.6 Å². The number of aromatic nitrogens is 1. The predicted octanol–water partition coefficient (Wildman–Crippen LogP) is 3.74. The van der Waals surface area contributed by atoms with Crippen molar-refractivity contribution in [3.8, 4) is 0 Å². The van der Waals surface area contributed by atoms with Gasteiger partial charge in [-0.1, -0.05) is 11.6 Å². The molecule has 0 radical (unpaired) electrons. The van der Waals surface area contributed by atoms with Crippen LogP contribution in [0.25, 0.3) is 0 Å². The largest absolute Gasteiger partial charge is 0.356 e. The molecule has 1 aromatic heterocycles. The molecule has 3 N–H and O–H groups in total. The van der Waals surface area contributed by atoms with Crippen molar-refractivity contribution in [3.05, 3.63) is 47.1 Å². The molecule has 2 aromatic rings. The summed E-state index contributed by atoms with van der Waals surface area (Å²) in [6.45, 7) is 2.37. The Balaban J connectivity index is 1.20. The molecule has 1 saturated carbocycles. The second-order valence-electron chi connectivity index (χ2n) is 11.7. The second-order valence-corrected chi connectivity index (χ2v) is 14.0. The van der Waals surface area contributed by atoms with Gasteiger partial charge in [-0.2, -0.15) is 4.31 Å². The van der Waals surface area contributed by atoms with Gasteiger partial charge in [0.05, 0.1) is 4.90 Å². The van der Waals surface area contributed by atoms with E-state index in [1.807, 2.05) is 0 Å². The van der Waals surface area contributed by atoms with Crippen molar-refractivity contribution >= 4 is 44.9 Å². The summed E-state index contributed by atoms with van der Waals surface area (Å²) in [4.78, 5) is 32.2. The SMILES string of the molecule is NCCCNC(=O)C1CCC(C(F)(F)c2cc(Cl)nc(N3CCN(S(=O)(=O)c4ccc(N5CCCC5=O)cc4)CC3)c2)CC1. The fourth-order valence-electron chi connectivity index (χ4n) is 6.28. The van der Waals surface area contributed by atoms with Gasteiger partial charge in [-0.05, 0) is 81.5 Å². The summed E-state index contributed by atoms with van der Waals surface area (Å²) in [5.41, 5.74) is 5.91. The third-order valence-corrected chi connectivity index (χ3v) is 11.0. The highest BCUT2D eigenvalue weighted by Crippen LogP contribution is 2.46. The Morgan fingerprint density at radius 1 is 1.05 bits per heavy atom. The second kappa shape index (κ2) is 13.6. The molecule has 14 heteroatoms. The van der Waals surface area contributed by atoms with E-state index in [0.717, 1.165) is 6.42 Å². The molecule has 10 nitrogen and oxygen atoms in total. The fraction of sp³-hybridized carbons (Fsp3) is 0.567. The molecule has 5 rings (SSSR count). The van der Waals surface area contributed by atoms with Crippen molar-refractivity contribution in [3.63, 3.8) is 0 Å². The highest BCUT2D eigenvalue weighted by molar-refractivity contribution is 7.89. The average Bonchev–Trinajstić information content (AvgIpc) is 3.46. The van der Waals surface area contributed by atoms with Gasteiger partial charge in [0.2, 0.25) is 21.8 Å². The van der Waals surface area contributed by atoms with Crippen LogP contribution in [0.15, 0.2) is 41.3 Å². The van der Waals surface area contributed by atoms with E-state index < -0.39 is 21.9 Å². The number of alkyl halides is 2. The van der Waals surface area contributed by atoms with Crippen molar-refractivity contribution in [2.24, 2.45) is 17.6 Å². The van der Waals surface area contributed by atoms with Crippen molar-refractivity contribution < 1.29 is 26.8 Å². The first-order valence-corrected chi connectivity index (χ1v) is 17.0. The van der Waals surface area contributed by atoms with Gasteiger partial charge in [0, 0.05) is 68.8 Å². The number of nitrogens with two attached hydrogens (primary N) is 1. The molecule has 2 amide bonds. The number of rotatable bonds is 10. The summed E-state index contributed by atoms with van der Waals surface area (Å²) in [7, 11) is -3.79. The molecule has 1 aliphatic carbocycles. The molecule has 240 valence electrons. The quantitative estimate of drug-likeness (QED) is 0.296.